The summed E-state index contributed by atoms with van der Waals surface area (Å²) in [6.45, 7) is 9.78. The van der Waals surface area contributed by atoms with E-state index in [-0.39, 0.29) is 36.4 Å². The molecular weight excluding hydrogens is 382 g/mol. The fourth-order valence-corrected chi connectivity index (χ4v) is 5.58. The molecule has 5 fully saturated rings. The maximum absolute atomic E-state index is 12.3. The molecule has 0 unspecified atom stereocenters. The Morgan fingerprint density at radius 1 is 1.00 bits per heavy atom. The van der Waals surface area contributed by atoms with Gasteiger partial charge in [-0.05, 0) is 47.5 Å². The van der Waals surface area contributed by atoms with Crippen LogP contribution in [0.2, 0.25) is 0 Å². The Labute approximate surface area is 170 Å². The molecule has 5 rings (SSSR count). The Morgan fingerprint density at radius 3 is 2.41 bits per heavy atom. The minimum atomic E-state index is -1.03. The summed E-state index contributed by atoms with van der Waals surface area (Å²) >= 11 is 0. The molecule has 164 valence electrons. The summed E-state index contributed by atoms with van der Waals surface area (Å²) in [5.41, 5.74) is -1.87. The number of nitrogens with zero attached hydrogens (tertiary/aromatic N) is 1. The van der Waals surface area contributed by atoms with E-state index in [0.717, 1.165) is 12.8 Å². The fraction of sp³-hybridized carbons (Fsp3) is 0.950. The third kappa shape index (κ3) is 2.90. The number of fused-ring (bicyclic) bond motifs is 4. The van der Waals surface area contributed by atoms with Gasteiger partial charge in [0.15, 0.2) is 22.9 Å². The number of rotatable bonds is 2. The lowest BCUT2D eigenvalue weighted by Crippen LogP contribution is -2.54. The molecule has 0 aromatic carbocycles. The summed E-state index contributed by atoms with van der Waals surface area (Å²) < 4.78 is 36.1. The number of hydroxylamine groups is 2. The Kier molecular flexibility index (Phi) is 4.25. The highest BCUT2D eigenvalue weighted by Crippen LogP contribution is 2.56. The highest BCUT2D eigenvalue weighted by molar-refractivity contribution is 5.79. The quantitative estimate of drug-likeness (QED) is 0.625. The van der Waals surface area contributed by atoms with Crippen molar-refractivity contribution in [3.8, 4) is 0 Å². The molecule has 29 heavy (non-hydrogen) atoms. The van der Waals surface area contributed by atoms with Crippen molar-refractivity contribution in [2.45, 2.75) is 107 Å². The van der Waals surface area contributed by atoms with Crippen LogP contribution in [0.4, 0.5) is 0 Å². The SMILES string of the molecule is COC(=O)[C@]1(C)C[C@H]2CC[C@@]3(O[C@H]([C@H]4COC(C)(C)O4)[C@@H]4OC(C)(C)O[C@@H]43)N2O1. The van der Waals surface area contributed by atoms with E-state index in [2.05, 4.69) is 0 Å². The predicted molar refractivity (Wildman–Crippen MR) is 97.3 cm³/mol. The van der Waals surface area contributed by atoms with Crippen LogP contribution in [0.25, 0.3) is 0 Å². The average Bonchev–Trinajstić information content (AvgIpc) is 3.38. The van der Waals surface area contributed by atoms with Gasteiger partial charge < -0.3 is 28.4 Å². The number of esters is 1. The maximum atomic E-state index is 12.3. The van der Waals surface area contributed by atoms with E-state index < -0.39 is 22.9 Å². The van der Waals surface area contributed by atoms with E-state index in [1.807, 2.05) is 32.8 Å². The first-order chi connectivity index (χ1) is 13.5. The molecule has 0 amide bonds. The van der Waals surface area contributed by atoms with E-state index in [1.165, 1.54) is 7.11 Å². The monoisotopic (exact) mass is 413 g/mol. The van der Waals surface area contributed by atoms with Gasteiger partial charge in [0.2, 0.25) is 0 Å². The molecule has 0 N–H and O–H groups in total. The van der Waals surface area contributed by atoms with Crippen LogP contribution in [-0.2, 0) is 38.1 Å². The molecule has 9 heteroatoms. The summed E-state index contributed by atoms with van der Waals surface area (Å²) in [6, 6.07) is 0.0444. The van der Waals surface area contributed by atoms with Gasteiger partial charge in [-0.2, -0.15) is 5.06 Å². The van der Waals surface area contributed by atoms with Crippen molar-refractivity contribution in [1.82, 2.24) is 5.06 Å². The second kappa shape index (κ2) is 6.12. The number of carbonyl (C=O) groups excluding carboxylic acids is 1. The fourth-order valence-electron chi connectivity index (χ4n) is 5.58. The minimum absolute atomic E-state index is 0.0444. The van der Waals surface area contributed by atoms with E-state index in [1.54, 1.807) is 6.92 Å². The molecule has 7 atom stereocenters. The van der Waals surface area contributed by atoms with Crippen molar-refractivity contribution in [2.24, 2.45) is 0 Å². The van der Waals surface area contributed by atoms with Crippen molar-refractivity contribution in [3.05, 3.63) is 0 Å². The molecule has 5 saturated heterocycles. The van der Waals surface area contributed by atoms with Gasteiger partial charge in [0.1, 0.15) is 24.4 Å². The predicted octanol–water partition coefficient (Wildman–Crippen LogP) is 1.48. The molecular formula is C20H31NO8. The molecule has 1 spiro atoms. The molecule has 5 aliphatic rings. The zero-order valence-corrected chi connectivity index (χ0v) is 17.9. The second-order valence-corrected chi connectivity index (χ2v) is 9.85. The van der Waals surface area contributed by atoms with Gasteiger partial charge in [-0.15, -0.1) is 0 Å². The van der Waals surface area contributed by atoms with Gasteiger partial charge in [0, 0.05) is 12.5 Å². The standard InChI is InChI=1S/C20H31NO8/c1-17(2)24-10-12(25-17)13-14-15(28-18(3,4)26-14)20(27-13)8-7-11-9-19(5,16(22)23-6)29-21(11)20/h11-15H,7-10H2,1-6H3/t11-,12-,13-,14+,15+,19+,20+/m1/s1. The minimum Gasteiger partial charge on any atom is -0.467 e. The van der Waals surface area contributed by atoms with Crippen LogP contribution in [0.3, 0.4) is 0 Å². The molecule has 0 aliphatic carbocycles. The van der Waals surface area contributed by atoms with Crippen LogP contribution in [0.15, 0.2) is 0 Å². The molecule has 0 radical (unpaired) electrons. The van der Waals surface area contributed by atoms with Gasteiger partial charge in [0.25, 0.3) is 0 Å². The third-order valence-electron chi connectivity index (χ3n) is 6.72. The first-order valence-corrected chi connectivity index (χ1v) is 10.4. The average molecular weight is 413 g/mol. The van der Waals surface area contributed by atoms with Gasteiger partial charge in [0.05, 0.1) is 13.7 Å². The zero-order chi connectivity index (χ0) is 20.8. The van der Waals surface area contributed by atoms with Crippen LogP contribution < -0.4 is 0 Å². The Hall–Kier alpha value is -0.810. The summed E-state index contributed by atoms with van der Waals surface area (Å²) in [5.74, 6) is -1.80. The van der Waals surface area contributed by atoms with Crippen molar-refractivity contribution in [3.63, 3.8) is 0 Å². The Bertz CT molecular complexity index is 713. The largest absolute Gasteiger partial charge is 0.467 e. The van der Waals surface area contributed by atoms with Gasteiger partial charge >= 0.3 is 5.97 Å². The van der Waals surface area contributed by atoms with Crippen LogP contribution in [0.5, 0.6) is 0 Å². The van der Waals surface area contributed by atoms with E-state index in [9.17, 15) is 4.79 Å². The van der Waals surface area contributed by atoms with Gasteiger partial charge in [-0.3, -0.25) is 4.84 Å². The lowest BCUT2D eigenvalue weighted by molar-refractivity contribution is -0.336. The topological polar surface area (TPSA) is 84.9 Å². The maximum Gasteiger partial charge on any atom is 0.340 e. The Balaban J connectivity index is 1.46. The lowest BCUT2D eigenvalue weighted by Gasteiger charge is -2.38. The first kappa shape index (κ1) is 20.1. The van der Waals surface area contributed by atoms with Crippen LogP contribution >= 0.6 is 0 Å². The molecule has 0 bridgehead atoms. The van der Waals surface area contributed by atoms with Crippen LogP contribution in [0, 0.1) is 0 Å². The van der Waals surface area contributed by atoms with Crippen LogP contribution in [0.1, 0.15) is 53.9 Å². The van der Waals surface area contributed by atoms with Gasteiger partial charge in [-0.25, -0.2) is 4.79 Å². The number of carbonyl (C=O) groups is 1. The van der Waals surface area contributed by atoms with Crippen molar-refractivity contribution in [2.75, 3.05) is 13.7 Å². The van der Waals surface area contributed by atoms with Crippen molar-refractivity contribution in [1.29, 1.82) is 0 Å². The second-order valence-electron chi connectivity index (χ2n) is 9.85. The van der Waals surface area contributed by atoms with Crippen molar-refractivity contribution < 1.29 is 38.1 Å². The highest BCUT2D eigenvalue weighted by atomic mass is 16.8. The summed E-state index contributed by atoms with van der Waals surface area (Å²) in [6.07, 6.45) is 0.786. The van der Waals surface area contributed by atoms with Crippen LogP contribution in [-0.4, -0.2) is 78.1 Å². The van der Waals surface area contributed by atoms with Gasteiger partial charge in [-0.1, -0.05) is 0 Å². The first-order valence-electron chi connectivity index (χ1n) is 10.4. The molecule has 0 aromatic heterocycles. The van der Waals surface area contributed by atoms with E-state index in [0.29, 0.717) is 13.0 Å². The number of hydrogen-bond donors (Lipinski definition) is 0. The molecule has 5 aliphatic heterocycles. The summed E-state index contributed by atoms with van der Waals surface area (Å²) in [7, 11) is 1.38. The number of hydrogen-bond acceptors (Lipinski definition) is 9. The normalized spacial score (nSPS) is 50.2. The molecule has 5 heterocycles. The van der Waals surface area contributed by atoms with Crippen molar-refractivity contribution >= 4 is 5.97 Å². The smallest absolute Gasteiger partial charge is 0.340 e. The third-order valence-corrected chi connectivity index (χ3v) is 6.72. The highest BCUT2D eigenvalue weighted by Gasteiger charge is 2.72. The van der Waals surface area contributed by atoms with E-state index >= 15 is 0 Å². The van der Waals surface area contributed by atoms with E-state index in [4.69, 9.17) is 33.3 Å². The lowest BCUT2D eigenvalue weighted by atomic mass is 9.96. The number of ether oxygens (including phenoxy) is 6. The number of methoxy groups -OCH3 is 1. The molecule has 0 aromatic rings. The summed E-state index contributed by atoms with van der Waals surface area (Å²) in [5, 5.41) is 1.84. The summed E-state index contributed by atoms with van der Waals surface area (Å²) in [4.78, 5) is 18.6. The molecule has 9 nitrogen and oxygen atoms in total. The molecule has 0 saturated carbocycles. The Morgan fingerprint density at radius 2 is 1.76 bits per heavy atom. The zero-order valence-electron chi connectivity index (χ0n) is 17.9.